The second kappa shape index (κ2) is 31.1. The molecule has 1 saturated heterocycles. The summed E-state index contributed by atoms with van der Waals surface area (Å²) in [6.45, 7) is 60.4. The third kappa shape index (κ3) is 20.2. The first-order chi connectivity index (χ1) is 42.6. The second-order valence-electron chi connectivity index (χ2n) is 32.5. The fraction of sp³-hybridized carbons (Fsp3) is 0.681. The van der Waals surface area contributed by atoms with E-state index in [9.17, 15) is 14.4 Å². The first-order valence-corrected chi connectivity index (χ1v) is 45.8. The lowest BCUT2D eigenvalue weighted by atomic mass is 9.71. The second-order valence-corrected chi connectivity index (χ2v) is 52.7. The zero-order chi connectivity index (χ0) is 70.4. The fourth-order valence-corrected chi connectivity index (χ4v) is 16.6. The predicted molar refractivity (Wildman–Crippen MR) is 383 cm³/mol. The van der Waals surface area contributed by atoms with Gasteiger partial charge in [-0.2, -0.15) is 0 Å². The summed E-state index contributed by atoms with van der Waals surface area (Å²) in [6, 6.07) is 11.0. The Morgan fingerprint density at radius 2 is 1.29 bits per heavy atom. The molecule has 1 fully saturated rings. The summed E-state index contributed by atoms with van der Waals surface area (Å²) in [7, 11) is -9.12. The van der Waals surface area contributed by atoms with E-state index in [0.29, 0.717) is 18.4 Å². The Morgan fingerprint density at radius 3 is 1.84 bits per heavy atom. The van der Waals surface area contributed by atoms with Crippen LogP contribution in [0.15, 0.2) is 73.4 Å². The molecule has 3 aromatic rings. The van der Waals surface area contributed by atoms with E-state index in [1.165, 1.54) is 13.2 Å². The van der Waals surface area contributed by atoms with Crippen LogP contribution in [0.5, 0.6) is 11.5 Å². The maximum Gasteiger partial charge on any atom is 0.508 e. The van der Waals surface area contributed by atoms with Crippen LogP contribution in [-0.4, -0.2) is 119 Å². The molecule has 0 N–H and O–H groups in total. The Labute approximate surface area is 566 Å². The van der Waals surface area contributed by atoms with Crippen molar-refractivity contribution >= 4 is 78.7 Å². The van der Waals surface area contributed by atoms with Gasteiger partial charge in [-0.25, -0.2) is 14.6 Å². The number of carbonyl (C=O) groups is 4. The molecule has 93 heavy (non-hydrogen) atoms. The van der Waals surface area contributed by atoms with Gasteiger partial charge in [0.1, 0.15) is 49.5 Å². The van der Waals surface area contributed by atoms with E-state index >= 15 is 4.79 Å². The number of methoxy groups -OCH3 is 1. The summed E-state index contributed by atoms with van der Waals surface area (Å²) < 4.78 is 74.8. The number of nitrogens with zero attached hydrogens (tertiary/aromatic N) is 1. The van der Waals surface area contributed by atoms with Crippen LogP contribution in [-0.2, 0) is 62.4 Å². The average Bonchev–Trinajstić information content (AvgIpc) is 1.21. The number of benzene rings is 2. The molecule has 0 aliphatic carbocycles. The van der Waals surface area contributed by atoms with Crippen molar-refractivity contribution in [2.24, 2.45) is 17.3 Å². The number of ketones is 1. The van der Waals surface area contributed by atoms with Crippen LogP contribution >= 0.6 is 11.3 Å². The minimum atomic E-state index is -2.72. The van der Waals surface area contributed by atoms with E-state index in [4.69, 9.17) is 55.8 Å². The largest absolute Gasteiger partial charge is 0.508 e. The van der Waals surface area contributed by atoms with Gasteiger partial charge in [-0.1, -0.05) is 133 Å². The number of fused-ring (bicyclic) bond motifs is 1. The molecule has 10 atom stereocenters. The highest BCUT2D eigenvalue weighted by atomic mass is 32.1. The zero-order valence-electron chi connectivity index (χ0n) is 61.5. The summed E-state index contributed by atoms with van der Waals surface area (Å²) in [4.78, 5) is 64.1. The highest BCUT2D eigenvalue weighted by Gasteiger charge is 2.59. The van der Waals surface area contributed by atoms with E-state index in [2.05, 4.69) is 169 Å². The molecule has 2 aromatic carbocycles. The number of allylic oxidation sites excluding steroid dienone is 2. The van der Waals surface area contributed by atoms with Crippen molar-refractivity contribution < 1.29 is 70.0 Å². The van der Waals surface area contributed by atoms with Gasteiger partial charge in [0.2, 0.25) is 6.29 Å². The van der Waals surface area contributed by atoms with Crippen LogP contribution in [0.2, 0.25) is 72.5 Å². The lowest BCUT2D eigenvalue weighted by Gasteiger charge is -2.53. The molecule has 0 radical (unpaired) electrons. The SMILES string of the molecule is C=CCOC(=O)[C@H]1O[C@@H](Oc2ccc(COC(=O)O[C@H]3CC(=O)O[C@H](c4ccc5sc(C)nc5c4)C/C=C(/C)CCC[C@H](C)[C@H](O[Si](C)(C)C(C)(C)C)[C@@H](CC=C)C(=O)C3(C)C)cc2OC)[C@H](O[Si](C)(C)C(C)(C)C)[C@@H](O[Si](C)(C)C(C)(C)C)[C@H]1O[Si](C)(C)C(C)(C)C. The molecule has 0 saturated carbocycles. The monoisotopic (exact) mass is 1380 g/mol. The third-order valence-corrected chi connectivity index (χ3v) is 39.5. The number of rotatable bonds is 20. The number of aromatic nitrogens is 1. The van der Waals surface area contributed by atoms with Crippen molar-refractivity contribution in [1.29, 1.82) is 0 Å². The van der Waals surface area contributed by atoms with E-state index < -0.39 is 118 Å². The Bertz CT molecular complexity index is 3110. The molecule has 0 amide bonds. The number of esters is 2. The minimum Gasteiger partial charge on any atom is -0.493 e. The Hall–Kier alpha value is -4.30. The number of aryl methyl sites for hydroxylation is 1. The normalized spacial score (nSPS) is 25.3. The van der Waals surface area contributed by atoms with E-state index in [1.807, 2.05) is 25.1 Å². The standard InChI is InChI=1S/C72H117NO15SSi4/c1-29-32-51-59(85-90(21,22)68(6,7)8)47(4)34-31-33-46(3)35-38-53(50-37-40-56-52(43-50)73-48(5)89-56)81-58(74)44-57(72(18,19)64(51)75)83-67(77)80-45-49-36-39-54(55(42-49)78-20)82-66-63(88-93(27,28)71(15,16)17)61(87-92(25,26)70(12,13)14)60(86-91(23,24)69(9,10)11)62(84-66)65(76)79-41-30-2/h29-30,35-37,39-40,42-43,47,51,53,57,59-63,66H,1-2,31-34,38,41,44-45H2,3-28H3/b46-35-/t47-,51+,53-,57-,59-,60+,61-,62-,63+,66+/m0/s1. The van der Waals surface area contributed by atoms with Gasteiger partial charge in [-0.3, -0.25) is 9.59 Å². The van der Waals surface area contributed by atoms with Crippen LogP contribution in [0.3, 0.4) is 0 Å². The number of carbonyl (C=O) groups excluding carboxylic acids is 4. The molecule has 3 heterocycles. The van der Waals surface area contributed by atoms with E-state index in [0.717, 1.165) is 45.6 Å². The van der Waals surface area contributed by atoms with Crippen LogP contribution in [0.1, 0.15) is 172 Å². The van der Waals surface area contributed by atoms with Crippen molar-refractivity contribution in [1.82, 2.24) is 4.98 Å². The van der Waals surface area contributed by atoms with E-state index in [-0.39, 0.29) is 56.6 Å². The highest BCUT2D eigenvalue weighted by molar-refractivity contribution is 7.18. The number of hydrogen-bond donors (Lipinski definition) is 0. The van der Waals surface area contributed by atoms with Gasteiger partial charge >= 0.3 is 18.1 Å². The van der Waals surface area contributed by atoms with Crippen molar-refractivity contribution in [3.8, 4) is 11.5 Å². The number of ether oxygens (including phenoxy) is 7. The van der Waals surface area contributed by atoms with E-state index in [1.54, 1.807) is 49.5 Å². The molecule has 0 bridgehead atoms. The number of Topliss-reactive ketones (excluding diaryl/α,β-unsaturated/α-hetero) is 1. The zero-order valence-corrected chi connectivity index (χ0v) is 66.3. The lowest BCUT2D eigenvalue weighted by Crippen LogP contribution is -2.69. The highest BCUT2D eigenvalue weighted by Crippen LogP contribution is 2.48. The molecule has 522 valence electrons. The first kappa shape index (κ1) is 79.4. The molecule has 2 aliphatic rings. The van der Waals surface area contributed by atoms with Crippen LogP contribution in [0.25, 0.3) is 10.2 Å². The fourth-order valence-electron chi connectivity index (χ4n) is 10.5. The molecule has 0 spiro atoms. The lowest BCUT2D eigenvalue weighted by molar-refractivity contribution is -0.263. The first-order valence-electron chi connectivity index (χ1n) is 33.3. The van der Waals surface area contributed by atoms with Gasteiger partial charge in [0.25, 0.3) is 0 Å². The van der Waals surface area contributed by atoms with Crippen molar-refractivity contribution in [2.45, 2.75) is 284 Å². The molecule has 1 aromatic heterocycles. The Balaban J connectivity index is 1.57. The Morgan fingerprint density at radius 1 is 0.731 bits per heavy atom. The van der Waals surface area contributed by atoms with Gasteiger partial charge in [0.15, 0.2) is 50.9 Å². The average molecular weight is 1380 g/mol. The summed E-state index contributed by atoms with van der Waals surface area (Å²) in [5.74, 6) is -1.81. The molecule has 0 unspecified atom stereocenters. The molecular weight excluding hydrogens is 1260 g/mol. The van der Waals surface area contributed by atoms with Gasteiger partial charge in [-0.15, -0.1) is 17.9 Å². The van der Waals surface area contributed by atoms with Crippen molar-refractivity contribution in [3.63, 3.8) is 0 Å². The molecule has 2 aliphatic heterocycles. The molecule has 21 heteroatoms. The summed E-state index contributed by atoms with van der Waals surface area (Å²) >= 11 is 1.59. The molecule has 16 nitrogen and oxygen atoms in total. The summed E-state index contributed by atoms with van der Waals surface area (Å²) in [5, 5.41) is -0.0538. The van der Waals surface area contributed by atoms with Crippen molar-refractivity contribution in [2.75, 3.05) is 13.7 Å². The van der Waals surface area contributed by atoms with Gasteiger partial charge < -0.3 is 50.9 Å². The van der Waals surface area contributed by atoms with Crippen LogP contribution in [0, 0.1) is 24.2 Å². The summed E-state index contributed by atoms with van der Waals surface area (Å²) in [6.07, 6.45) is -0.921. The number of cyclic esters (lactones) is 1. The van der Waals surface area contributed by atoms with Gasteiger partial charge in [0, 0.05) is 12.3 Å². The quantitative estimate of drug-likeness (QED) is 0.0450. The summed E-state index contributed by atoms with van der Waals surface area (Å²) in [5.41, 5.74) is 1.74. The van der Waals surface area contributed by atoms with Gasteiger partial charge in [-0.05, 0) is 167 Å². The topological polar surface area (TPSA) is 183 Å². The number of thiazole rings is 1. The van der Waals surface area contributed by atoms with Crippen molar-refractivity contribution in [3.05, 3.63) is 89.5 Å². The third-order valence-electron chi connectivity index (χ3n) is 20.7. The maximum absolute atomic E-state index is 15.7. The maximum atomic E-state index is 15.7. The predicted octanol–water partition coefficient (Wildman–Crippen LogP) is 18.6. The minimum absolute atomic E-state index is 0.0402. The van der Waals surface area contributed by atoms with Crippen LogP contribution in [0.4, 0.5) is 4.79 Å². The van der Waals surface area contributed by atoms with Crippen LogP contribution < -0.4 is 9.47 Å². The number of hydrogen-bond acceptors (Lipinski definition) is 17. The molecular formula is C72H117NO15SSi4. The smallest absolute Gasteiger partial charge is 0.493 e. The Kier molecular flexibility index (Phi) is 26.5. The van der Waals surface area contributed by atoms with Gasteiger partial charge in [0.05, 0.1) is 40.3 Å². The molecule has 5 rings (SSSR count).